The molecule has 2 fully saturated rings. The summed E-state index contributed by atoms with van der Waals surface area (Å²) in [6, 6.07) is 0.664. The van der Waals surface area contributed by atoms with Crippen LogP contribution in [0, 0.1) is 0 Å². The van der Waals surface area contributed by atoms with Crippen LogP contribution < -0.4 is 5.73 Å². The van der Waals surface area contributed by atoms with Gasteiger partial charge in [-0.3, -0.25) is 4.90 Å². The second-order valence-corrected chi connectivity index (χ2v) is 4.65. The highest BCUT2D eigenvalue weighted by Gasteiger charge is 2.41. The lowest BCUT2D eigenvalue weighted by Crippen LogP contribution is -2.40. The van der Waals surface area contributed by atoms with E-state index in [9.17, 15) is 8.78 Å². The minimum Gasteiger partial charge on any atom is -0.328 e. The summed E-state index contributed by atoms with van der Waals surface area (Å²) < 4.78 is 25.9. The van der Waals surface area contributed by atoms with E-state index < -0.39 is 5.92 Å². The minimum absolute atomic E-state index is 0.0348. The third kappa shape index (κ3) is 2.23. The van der Waals surface area contributed by atoms with Crippen molar-refractivity contribution in [3.05, 3.63) is 0 Å². The molecule has 0 aromatic heterocycles. The molecule has 1 saturated heterocycles. The Bertz CT molecular complexity index is 200. The fourth-order valence-corrected chi connectivity index (χ4v) is 2.54. The fraction of sp³-hybridized carbons (Fsp3) is 1.00. The molecule has 82 valence electrons. The van der Waals surface area contributed by atoms with Crippen LogP contribution in [-0.4, -0.2) is 36.0 Å². The second-order valence-electron chi connectivity index (χ2n) is 4.65. The molecule has 2 rings (SSSR count). The quantitative estimate of drug-likeness (QED) is 0.703. The van der Waals surface area contributed by atoms with Gasteiger partial charge >= 0.3 is 0 Å². The van der Waals surface area contributed by atoms with Crippen LogP contribution in [0.3, 0.4) is 0 Å². The molecule has 0 atom stereocenters. The molecule has 0 aromatic carbocycles. The van der Waals surface area contributed by atoms with Gasteiger partial charge in [-0.15, -0.1) is 0 Å². The Kier molecular flexibility index (Phi) is 2.75. The Morgan fingerprint density at radius 2 is 1.79 bits per heavy atom. The van der Waals surface area contributed by atoms with E-state index in [-0.39, 0.29) is 13.0 Å². The molecule has 14 heavy (non-hydrogen) atoms. The maximum atomic E-state index is 13.0. The molecule has 1 heterocycles. The molecular weight excluding hydrogens is 186 g/mol. The van der Waals surface area contributed by atoms with Crippen molar-refractivity contribution in [3.8, 4) is 0 Å². The summed E-state index contributed by atoms with van der Waals surface area (Å²) in [5, 5.41) is 0. The SMILES string of the molecule is NC1CCC(N2CCC(F)(F)C2)CC1. The maximum absolute atomic E-state index is 13.0. The number of hydrogen-bond donors (Lipinski definition) is 1. The molecular formula is C10H18F2N2. The molecule has 2 N–H and O–H groups in total. The van der Waals surface area contributed by atoms with E-state index in [4.69, 9.17) is 5.73 Å². The van der Waals surface area contributed by atoms with Gasteiger partial charge in [-0.1, -0.05) is 0 Å². The second kappa shape index (κ2) is 3.74. The van der Waals surface area contributed by atoms with E-state index in [1.165, 1.54) is 0 Å². The summed E-state index contributed by atoms with van der Waals surface area (Å²) in [7, 11) is 0. The van der Waals surface area contributed by atoms with Crippen molar-refractivity contribution in [3.63, 3.8) is 0 Å². The Labute approximate surface area is 83.4 Å². The number of likely N-dealkylation sites (tertiary alicyclic amines) is 1. The molecule has 1 saturated carbocycles. The van der Waals surface area contributed by atoms with Gasteiger partial charge in [0.15, 0.2) is 0 Å². The summed E-state index contributed by atoms with van der Waals surface area (Å²) in [5.41, 5.74) is 5.78. The van der Waals surface area contributed by atoms with Crippen molar-refractivity contribution in [2.24, 2.45) is 5.73 Å². The number of rotatable bonds is 1. The van der Waals surface area contributed by atoms with Crippen LogP contribution in [0.1, 0.15) is 32.1 Å². The zero-order chi connectivity index (χ0) is 10.2. The zero-order valence-corrected chi connectivity index (χ0v) is 8.38. The first-order chi connectivity index (χ1) is 6.57. The summed E-state index contributed by atoms with van der Waals surface area (Å²) in [6.45, 7) is 0.528. The van der Waals surface area contributed by atoms with Gasteiger partial charge in [0.25, 0.3) is 5.92 Å². The van der Waals surface area contributed by atoms with E-state index in [2.05, 4.69) is 0 Å². The topological polar surface area (TPSA) is 29.3 Å². The first-order valence-electron chi connectivity index (χ1n) is 5.44. The predicted octanol–water partition coefficient (Wildman–Crippen LogP) is 1.60. The molecule has 0 amide bonds. The number of nitrogens with zero attached hydrogens (tertiary/aromatic N) is 1. The van der Waals surface area contributed by atoms with E-state index in [1.807, 2.05) is 4.90 Å². The standard InChI is InChI=1S/C10H18F2N2/c11-10(12)5-6-14(7-10)9-3-1-8(13)2-4-9/h8-9H,1-7,13H2. The van der Waals surface area contributed by atoms with E-state index in [0.717, 1.165) is 25.7 Å². The monoisotopic (exact) mass is 204 g/mol. The lowest BCUT2D eigenvalue weighted by atomic mass is 9.91. The van der Waals surface area contributed by atoms with Gasteiger partial charge in [0, 0.05) is 25.0 Å². The van der Waals surface area contributed by atoms with E-state index in [0.29, 0.717) is 18.6 Å². The van der Waals surface area contributed by atoms with E-state index in [1.54, 1.807) is 0 Å². The van der Waals surface area contributed by atoms with Gasteiger partial charge < -0.3 is 5.73 Å². The Balaban J connectivity index is 1.85. The van der Waals surface area contributed by atoms with Gasteiger partial charge in [-0.05, 0) is 25.7 Å². The third-order valence-corrected chi connectivity index (χ3v) is 3.46. The molecule has 2 aliphatic rings. The van der Waals surface area contributed by atoms with E-state index >= 15 is 0 Å². The highest BCUT2D eigenvalue weighted by molar-refractivity contribution is 4.89. The van der Waals surface area contributed by atoms with Crippen LogP contribution in [0.15, 0.2) is 0 Å². The first-order valence-corrected chi connectivity index (χ1v) is 5.44. The van der Waals surface area contributed by atoms with Crippen molar-refractivity contribution in [1.82, 2.24) is 4.90 Å². The van der Waals surface area contributed by atoms with Crippen LogP contribution in [0.25, 0.3) is 0 Å². The number of alkyl halides is 2. The minimum atomic E-state index is -2.44. The van der Waals surface area contributed by atoms with Gasteiger partial charge in [-0.2, -0.15) is 0 Å². The van der Waals surface area contributed by atoms with Crippen LogP contribution in [0.2, 0.25) is 0 Å². The summed E-state index contributed by atoms with van der Waals surface area (Å²) in [5.74, 6) is -2.44. The average molecular weight is 204 g/mol. The molecule has 4 heteroatoms. The van der Waals surface area contributed by atoms with Crippen molar-refractivity contribution >= 4 is 0 Å². The highest BCUT2D eigenvalue weighted by atomic mass is 19.3. The Morgan fingerprint density at radius 1 is 1.14 bits per heavy atom. The molecule has 1 aliphatic heterocycles. The molecule has 0 bridgehead atoms. The summed E-state index contributed by atoms with van der Waals surface area (Å²) in [4.78, 5) is 1.95. The third-order valence-electron chi connectivity index (χ3n) is 3.46. The molecule has 0 radical (unpaired) electrons. The Morgan fingerprint density at radius 3 is 2.29 bits per heavy atom. The van der Waals surface area contributed by atoms with Crippen molar-refractivity contribution in [2.75, 3.05) is 13.1 Å². The average Bonchev–Trinajstić information content (AvgIpc) is 2.47. The number of hydrogen-bond acceptors (Lipinski definition) is 2. The fourth-order valence-electron chi connectivity index (χ4n) is 2.54. The smallest absolute Gasteiger partial charge is 0.261 e. The molecule has 1 aliphatic carbocycles. The largest absolute Gasteiger partial charge is 0.328 e. The maximum Gasteiger partial charge on any atom is 0.261 e. The number of halogens is 2. The zero-order valence-electron chi connectivity index (χ0n) is 8.38. The van der Waals surface area contributed by atoms with Gasteiger partial charge in [-0.25, -0.2) is 8.78 Å². The van der Waals surface area contributed by atoms with Crippen molar-refractivity contribution in [1.29, 1.82) is 0 Å². The van der Waals surface area contributed by atoms with Crippen molar-refractivity contribution in [2.45, 2.75) is 50.1 Å². The van der Waals surface area contributed by atoms with Crippen LogP contribution in [0.4, 0.5) is 8.78 Å². The van der Waals surface area contributed by atoms with Crippen LogP contribution in [-0.2, 0) is 0 Å². The lowest BCUT2D eigenvalue weighted by molar-refractivity contribution is 0.00524. The van der Waals surface area contributed by atoms with Gasteiger partial charge in [0.2, 0.25) is 0 Å². The number of nitrogens with two attached hydrogens (primary N) is 1. The lowest BCUT2D eigenvalue weighted by Gasteiger charge is -2.33. The van der Waals surface area contributed by atoms with Crippen LogP contribution in [0.5, 0.6) is 0 Å². The Hall–Kier alpha value is -0.220. The normalized spacial score (nSPS) is 38.8. The predicted molar refractivity (Wildman–Crippen MR) is 51.4 cm³/mol. The molecule has 2 nitrogen and oxygen atoms in total. The molecule has 0 aromatic rings. The highest BCUT2D eigenvalue weighted by Crippen LogP contribution is 2.32. The molecule has 0 spiro atoms. The van der Waals surface area contributed by atoms with Gasteiger partial charge in [0.05, 0.1) is 6.54 Å². The van der Waals surface area contributed by atoms with Crippen LogP contribution >= 0.6 is 0 Å². The van der Waals surface area contributed by atoms with Crippen molar-refractivity contribution < 1.29 is 8.78 Å². The summed E-state index contributed by atoms with van der Waals surface area (Å²) in [6.07, 6.45) is 4.02. The van der Waals surface area contributed by atoms with Gasteiger partial charge in [0.1, 0.15) is 0 Å². The first kappa shape index (κ1) is 10.3. The molecule has 0 unspecified atom stereocenters. The summed E-state index contributed by atoms with van der Waals surface area (Å²) >= 11 is 0.